The summed E-state index contributed by atoms with van der Waals surface area (Å²) >= 11 is 0. The Bertz CT molecular complexity index is 2140. The molecule has 1 aliphatic carbocycles. The zero-order valence-electron chi connectivity index (χ0n) is 23.3. The van der Waals surface area contributed by atoms with E-state index in [0.717, 1.165) is 29.9 Å². The van der Waals surface area contributed by atoms with E-state index in [2.05, 4.69) is 167 Å². The molecule has 0 saturated carbocycles. The van der Waals surface area contributed by atoms with Gasteiger partial charge < -0.3 is 9.47 Å². The van der Waals surface area contributed by atoms with E-state index in [1.807, 2.05) is 0 Å². The molecule has 0 bridgehead atoms. The fourth-order valence-electron chi connectivity index (χ4n) is 6.46. The van der Waals surface area contributed by atoms with Crippen molar-refractivity contribution in [2.75, 3.05) is 4.90 Å². The molecule has 1 aliphatic rings. The topological polar surface area (TPSA) is 8.17 Å². The van der Waals surface area contributed by atoms with Gasteiger partial charge in [-0.05, 0) is 77.9 Å². The van der Waals surface area contributed by atoms with Crippen molar-refractivity contribution >= 4 is 50.9 Å². The Morgan fingerprint density at radius 3 is 1.86 bits per heavy atom. The van der Waals surface area contributed by atoms with Gasteiger partial charge >= 0.3 is 0 Å². The summed E-state index contributed by atoms with van der Waals surface area (Å²) in [7, 11) is 0. The van der Waals surface area contributed by atoms with Gasteiger partial charge in [0.25, 0.3) is 0 Å². The quantitative estimate of drug-likeness (QED) is 0.212. The zero-order chi connectivity index (χ0) is 27.9. The predicted octanol–water partition coefficient (Wildman–Crippen LogP) is 9.28. The van der Waals surface area contributed by atoms with Crippen molar-refractivity contribution in [1.82, 2.24) is 4.57 Å². The van der Waals surface area contributed by atoms with E-state index >= 15 is 0 Å². The van der Waals surface area contributed by atoms with Crippen LogP contribution in [0.4, 0.5) is 17.1 Å². The summed E-state index contributed by atoms with van der Waals surface area (Å²) in [6.45, 7) is 0. The van der Waals surface area contributed by atoms with Crippen LogP contribution in [0.3, 0.4) is 0 Å². The Labute approximate surface area is 245 Å². The number of aromatic nitrogens is 1. The molecule has 0 radical (unpaired) electrons. The molecule has 7 aromatic rings. The molecule has 1 aromatic heterocycles. The third-order valence-electron chi connectivity index (χ3n) is 8.36. The van der Waals surface area contributed by atoms with Crippen LogP contribution in [-0.4, -0.2) is 4.57 Å². The molecule has 6 aromatic carbocycles. The van der Waals surface area contributed by atoms with Crippen molar-refractivity contribution in [3.8, 4) is 16.8 Å². The van der Waals surface area contributed by atoms with Gasteiger partial charge in [0.2, 0.25) is 0 Å². The second-order valence-electron chi connectivity index (χ2n) is 10.9. The van der Waals surface area contributed by atoms with Gasteiger partial charge in [0.15, 0.2) is 0 Å². The van der Waals surface area contributed by atoms with E-state index in [-0.39, 0.29) is 0 Å². The van der Waals surface area contributed by atoms with Crippen molar-refractivity contribution < 1.29 is 0 Å². The largest absolute Gasteiger partial charge is 0.310 e. The number of hydrogen-bond donors (Lipinski definition) is 0. The Kier molecular flexibility index (Phi) is 5.97. The van der Waals surface area contributed by atoms with Crippen LogP contribution in [0, 0.1) is 0 Å². The summed E-state index contributed by atoms with van der Waals surface area (Å²) in [5, 5.41) is 6.44. The average molecular weight is 539 g/mol. The molecule has 200 valence electrons. The van der Waals surface area contributed by atoms with Gasteiger partial charge in [0.1, 0.15) is 0 Å². The van der Waals surface area contributed by atoms with Crippen molar-refractivity contribution in [3.05, 3.63) is 156 Å². The van der Waals surface area contributed by atoms with Crippen LogP contribution in [-0.2, 0) is 0 Å². The van der Waals surface area contributed by atoms with Crippen molar-refractivity contribution in [3.63, 3.8) is 0 Å². The van der Waals surface area contributed by atoms with E-state index in [1.54, 1.807) is 0 Å². The molecule has 42 heavy (non-hydrogen) atoms. The Morgan fingerprint density at radius 1 is 0.476 bits per heavy atom. The summed E-state index contributed by atoms with van der Waals surface area (Å²) in [6.07, 6.45) is 6.97. The molecule has 0 unspecified atom stereocenters. The first kappa shape index (κ1) is 24.5. The summed E-state index contributed by atoms with van der Waals surface area (Å²) in [5.74, 6) is 0. The van der Waals surface area contributed by atoms with E-state index in [4.69, 9.17) is 0 Å². The van der Waals surface area contributed by atoms with Crippen LogP contribution in [0.2, 0.25) is 0 Å². The standard InChI is InChI=1S/C40H30N2/c1-4-13-29(14-5-1)31-15-12-20-34(27-31)42-39-22-11-10-21-36(39)37-26-24-30-23-25-35(28-38(30)40(37)42)41(32-16-6-2-7-17-32)33-18-8-3-9-19-33/h1-9,12-28H,10-11H2. The molecule has 2 nitrogen and oxygen atoms in total. The number of rotatable bonds is 5. The second-order valence-corrected chi connectivity index (χ2v) is 10.9. The summed E-state index contributed by atoms with van der Waals surface area (Å²) < 4.78 is 2.49. The second kappa shape index (κ2) is 10.2. The number of fused-ring (bicyclic) bond motifs is 5. The van der Waals surface area contributed by atoms with E-state index in [0.29, 0.717) is 0 Å². The highest BCUT2D eigenvalue weighted by Crippen LogP contribution is 2.37. The summed E-state index contributed by atoms with van der Waals surface area (Å²) in [4.78, 5) is 2.35. The Hall–Kier alpha value is -5.34. The van der Waals surface area contributed by atoms with Crippen LogP contribution in [0.25, 0.3) is 50.6 Å². The SMILES string of the molecule is C1=c2c(n(-c3cccc(-c4ccccc4)c3)c3c2ccc2ccc(N(c4ccccc4)c4ccccc4)cc23)=CCC1. The molecule has 0 saturated heterocycles. The summed E-state index contributed by atoms with van der Waals surface area (Å²) in [5.41, 5.74) is 8.33. The highest BCUT2D eigenvalue weighted by molar-refractivity contribution is 6.08. The Morgan fingerprint density at radius 2 is 1.12 bits per heavy atom. The lowest BCUT2D eigenvalue weighted by molar-refractivity contribution is 1.03. The molecule has 0 amide bonds. The number of anilines is 3. The van der Waals surface area contributed by atoms with Crippen molar-refractivity contribution in [1.29, 1.82) is 0 Å². The Balaban J connectivity index is 1.42. The van der Waals surface area contributed by atoms with Crippen molar-refractivity contribution in [2.24, 2.45) is 0 Å². The molecule has 0 N–H and O–H groups in total. The van der Waals surface area contributed by atoms with Gasteiger partial charge in [-0.3, -0.25) is 0 Å². The fourth-order valence-corrected chi connectivity index (χ4v) is 6.46. The number of benzene rings is 6. The summed E-state index contributed by atoms with van der Waals surface area (Å²) in [6, 6.07) is 52.4. The maximum absolute atomic E-state index is 2.49. The van der Waals surface area contributed by atoms with Gasteiger partial charge in [-0.1, -0.05) is 109 Å². The normalized spacial score (nSPS) is 12.5. The van der Waals surface area contributed by atoms with Gasteiger partial charge in [-0.15, -0.1) is 0 Å². The van der Waals surface area contributed by atoms with E-state index < -0.39 is 0 Å². The van der Waals surface area contributed by atoms with Crippen LogP contribution in [0.1, 0.15) is 12.8 Å². The van der Waals surface area contributed by atoms with E-state index in [1.165, 1.54) is 49.1 Å². The average Bonchev–Trinajstić information content (AvgIpc) is 3.41. The van der Waals surface area contributed by atoms with Gasteiger partial charge in [-0.2, -0.15) is 0 Å². The molecule has 1 heterocycles. The van der Waals surface area contributed by atoms with Crippen molar-refractivity contribution in [2.45, 2.75) is 12.8 Å². The highest BCUT2D eigenvalue weighted by atomic mass is 15.1. The lowest BCUT2D eigenvalue weighted by Crippen LogP contribution is -2.30. The first-order valence-electron chi connectivity index (χ1n) is 14.7. The smallest absolute Gasteiger partial charge is 0.0619 e. The van der Waals surface area contributed by atoms with Crippen LogP contribution >= 0.6 is 0 Å². The molecule has 0 atom stereocenters. The predicted molar refractivity (Wildman–Crippen MR) is 178 cm³/mol. The lowest BCUT2D eigenvalue weighted by Gasteiger charge is -2.26. The number of para-hydroxylation sites is 2. The van der Waals surface area contributed by atoms with Gasteiger partial charge in [0, 0.05) is 44.1 Å². The van der Waals surface area contributed by atoms with Crippen LogP contribution in [0.5, 0.6) is 0 Å². The van der Waals surface area contributed by atoms with E-state index in [9.17, 15) is 0 Å². The van der Waals surface area contributed by atoms with Crippen LogP contribution in [0.15, 0.2) is 146 Å². The zero-order valence-corrected chi connectivity index (χ0v) is 23.3. The molecule has 0 spiro atoms. The highest BCUT2D eigenvalue weighted by Gasteiger charge is 2.17. The molecular weight excluding hydrogens is 508 g/mol. The fraction of sp³-hybridized carbons (Fsp3) is 0.0500. The molecule has 0 fully saturated rings. The molecular formula is C40H30N2. The molecule has 2 heteroatoms. The first-order valence-corrected chi connectivity index (χ1v) is 14.7. The maximum Gasteiger partial charge on any atom is 0.0619 e. The minimum Gasteiger partial charge on any atom is -0.310 e. The lowest BCUT2D eigenvalue weighted by atomic mass is 10.0. The monoisotopic (exact) mass is 538 g/mol. The van der Waals surface area contributed by atoms with Gasteiger partial charge in [0.05, 0.1) is 5.52 Å². The maximum atomic E-state index is 2.49. The number of hydrogen-bond acceptors (Lipinski definition) is 1. The molecule has 8 rings (SSSR count). The van der Waals surface area contributed by atoms with Gasteiger partial charge in [-0.25, -0.2) is 0 Å². The number of nitrogens with zero attached hydrogens (tertiary/aromatic N) is 2. The minimum atomic E-state index is 1.06. The van der Waals surface area contributed by atoms with Crippen LogP contribution < -0.4 is 15.5 Å². The minimum absolute atomic E-state index is 1.06. The first-order chi connectivity index (χ1) is 20.8. The molecule has 0 aliphatic heterocycles. The third-order valence-corrected chi connectivity index (χ3v) is 8.36. The third kappa shape index (κ3) is 4.12.